The van der Waals surface area contributed by atoms with E-state index in [1.807, 2.05) is 24.3 Å². The third-order valence-corrected chi connectivity index (χ3v) is 5.71. The highest BCUT2D eigenvalue weighted by atomic mass is 16.6. The summed E-state index contributed by atoms with van der Waals surface area (Å²) < 4.78 is 0. The van der Waals surface area contributed by atoms with Crippen molar-refractivity contribution < 1.29 is 9.72 Å². The van der Waals surface area contributed by atoms with E-state index in [1.165, 1.54) is 6.07 Å². The van der Waals surface area contributed by atoms with Gasteiger partial charge in [-0.1, -0.05) is 48.5 Å². The molecule has 1 unspecified atom stereocenters. The largest absolute Gasteiger partial charge is 0.358 e. The van der Waals surface area contributed by atoms with Gasteiger partial charge in [-0.2, -0.15) is 0 Å². The van der Waals surface area contributed by atoms with Crippen LogP contribution in [0.5, 0.6) is 0 Å². The van der Waals surface area contributed by atoms with Gasteiger partial charge >= 0.3 is 0 Å². The van der Waals surface area contributed by atoms with Crippen molar-refractivity contribution in [2.75, 3.05) is 5.32 Å². The molecule has 0 saturated heterocycles. The Kier molecular flexibility index (Phi) is 3.76. The molecule has 0 amide bonds. The van der Waals surface area contributed by atoms with Crippen molar-refractivity contribution in [3.8, 4) is 0 Å². The number of nitrogens with zero attached hydrogens (tertiary/aromatic N) is 1. The highest BCUT2D eigenvalue weighted by Crippen LogP contribution is 2.47. The van der Waals surface area contributed by atoms with E-state index in [9.17, 15) is 14.9 Å². The fraction of sp³-hybridized carbons (Fsp3) is 0.174. The molecule has 1 N–H and O–H groups in total. The first kappa shape index (κ1) is 16.7. The number of fused-ring (bicyclic) bond motifs is 3. The second kappa shape index (κ2) is 6.30. The zero-order chi connectivity index (χ0) is 19.3. The van der Waals surface area contributed by atoms with Crippen LogP contribution in [-0.2, 0) is 4.79 Å². The van der Waals surface area contributed by atoms with E-state index < -0.39 is 0 Å². The lowest BCUT2D eigenvalue weighted by atomic mass is 9.75. The standard InChI is InChI=1S/C23H18N2O3/c26-20-10-4-9-19-22(20)21(15-6-3-7-16(13-15)25(27)28)18-12-11-14-5-1-2-8-17(14)23(18)24-19/h1-3,5-8,11-13,21,24H,4,9-10H2. The first-order chi connectivity index (χ1) is 13.6. The van der Waals surface area contributed by atoms with E-state index in [0.717, 1.165) is 51.7 Å². The van der Waals surface area contributed by atoms with Crippen LogP contribution in [0.2, 0.25) is 0 Å². The Morgan fingerprint density at radius 1 is 1.00 bits per heavy atom. The van der Waals surface area contributed by atoms with Crippen LogP contribution < -0.4 is 5.32 Å². The van der Waals surface area contributed by atoms with Crippen LogP contribution >= 0.6 is 0 Å². The van der Waals surface area contributed by atoms with Crippen molar-refractivity contribution in [3.63, 3.8) is 0 Å². The van der Waals surface area contributed by atoms with Crippen LogP contribution in [0.25, 0.3) is 10.8 Å². The lowest BCUT2D eigenvalue weighted by Crippen LogP contribution is -2.27. The number of carbonyl (C=O) groups excluding carboxylic acids is 1. The van der Waals surface area contributed by atoms with E-state index in [4.69, 9.17) is 0 Å². The third kappa shape index (κ3) is 2.51. The van der Waals surface area contributed by atoms with Gasteiger partial charge in [-0.05, 0) is 29.4 Å². The molecule has 28 heavy (non-hydrogen) atoms. The minimum absolute atomic E-state index is 0.0452. The van der Waals surface area contributed by atoms with Gasteiger partial charge in [0.2, 0.25) is 0 Å². The molecule has 5 heteroatoms. The lowest BCUT2D eigenvalue weighted by molar-refractivity contribution is -0.384. The smallest absolute Gasteiger partial charge is 0.269 e. The molecule has 1 aliphatic carbocycles. The predicted molar refractivity (Wildman–Crippen MR) is 108 cm³/mol. The highest BCUT2D eigenvalue weighted by Gasteiger charge is 2.36. The summed E-state index contributed by atoms with van der Waals surface area (Å²) >= 11 is 0. The van der Waals surface area contributed by atoms with Gasteiger partial charge in [0.25, 0.3) is 5.69 Å². The summed E-state index contributed by atoms with van der Waals surface area (Å²) in [6, 6.07) is 18.9. The SMILES string of the molecule is O=C1CCCC2=C1C(c1cccc([N+](=O)[O-])c1)c1ccc3ccccc3c1N2. The molecule has 0 aromatic heterocycles. The van der Waals surface area contributed by atoms with Gasteiger partial charge in [0.05, 0.1) is 10.6 Å². The number of allylic oxidation sites excluding steroid dienone is 2. The molecule has 138 valence electrons. The molecule has 0 saturated carbocycles. The predicted octanol–water partition coefficient (Wildman–Crippen LogP) is 5.31. The molecule has 5 rings (SSSR count). The number of hydrogen-bond acceptors (Lipinski definition) is 4. The van der Waals surface area contributed by atoms with Crippen molar-refractivity contribution in [2.24, 2.45) is 0 Å². The highest BCUT2D eigenvalue weighted by molar-refractivity contribution is 6.04. The number of Topliss-reactive ketones (excluding diaryl/α,β-unsaturated/α-hetero) is 1. The van der Waals surface area contributed by atoms with Gasteiger partial charge in [-0.3, -0.25) is 14.9 Å². The third-order valence-electron chi connectivity index (χ3n) is 5.71. The fourth-order valence-corrected chi connectivity index (χ4v) is 4.47. The summed E-state index contributed by atoms with van der Waals surface area (Å²) in [6.45, 7) is 0. The monoisotopic (exact) mass is 370 g/mol. The van der Waals surface area contributed by atoms with Crippen LogP contribution in [0.4, 0.5) is 11.4 Å². The number of benzene rings is 3. The number of nitro benzene ring substituents is 1. The molecule has 5 nitrogen and oxygen atoms in total. The van der Waals surface area contributed by atoms with Crippen LogP contribution in [0.3, 0.4) is 0 Å². The van der Waals surface area contributed by atoms with Crippen molar-refractivity contribution in [3.05, 3.63) is 93.2 Å². The van der Waals surface area contributed by atoms with Gasteiger partial charge in [-0.25, -0.2) is 0 Å². The Morgan fingerprint density at radius 2 is 1.86 bits per heavy atom. The van der Waals surface area contributed by atoms with Gasteiger partial charge < -0.3 is 5.32 Å². The lowest BCUT2D eigenvalue weighted by Gasteiger charge is -2.34. The van der Waals surface area contributed by atoms with Crippen LogP contribution in [0, 0.1) is 10.1 Å². The Morgan fingerprint density at radius 3 is 2.71 bits per heavy atom. The van der Waals surface area contributed by atoms with E-state index >= 15 is 0 Å². The summed E-state index contributed by atoms with van der Waals surface area (Å²) in [4.78, 5) is 23.8. The Balaban J connectivity index is 1.79. The van der Waals surface area contributed by atoms with Crippen molar-refractivity contribution in [1.82, 2.24) is 0 Å². The van der Waals surface area contributed by atoms with Crippen molar-refractivity contribution in [2.45, 2.75) is 25.2 Å². The van der Waals surface area contributed by atoms with Gasteiger partial charge in [0.15, 0.2) is 5.78 Å². The zero-order valence-corrected chi connectivity index (χ0v) is 15.1. The quantitative estimate of drug-likeness (QED) is 0.490. The first-order valence-electron chi connectivity index (χ1n) is 9.43. The molecule has 1 aliphatic heterocycles. The van der Waals surface area contributed by atoms with Crippen molar-refractivity contribution >= 4 is 27.9 Å². The number of hydrogen-bond donors (Lipinski definition) is 1. The van der Waals surface area contributed by atoms with E-state index in [-0.39, 0.29) is 22.3 Å². The molecule has 0 bridgehead atoms. The van der Waals surface area contributed by atoms with Crippen LogP contribution in [-0.4, -0.2) is 10.7 Å². The topological polar surface area (TPSA) is 72.2 Å². The maximum Gasteiger partial charge on any atom is 0.269 e. The molecular formula is C23H18N2O3. The minimum atomic E-state index is -0.385. The number of ketones is 1. The Hall–Kier alpha value is -3.47. The van der Waals surface area contributed by atoms with Gasteiger partial charge in [-0.15, -0.1) is 0 Å². The molecule has 0 fully saturated rings. The number of nitro groups is 1. The zero-order valence-electron chi connectivity index (χ0n) is 15.1. The van der Waals surface area contributed by atoms with Crippen LogP contribution in [0.1, 0.15) is 36.3 Å². The summed E-state index contributed by atoms with van der Waals surface area (Å²) in [5.74, 6) is -0.160. The summed E-state index contributed by atoms with van der Waals surface area (Å²) in [5.41, 5.74) is 4.54. The number of anilines is 1. The normalized spacial score (nSPS) is 18.4. The molecule has 3 aromatic carbocycles. The molecule has 0 spiro atoms. The van der Waals surface area contributed by atoms with E-state index in [0.29, 0.717) is 6.42 Å². The Bertz CT molecular complexity index is 1180. The second-order valence-electron chi connectivity index (χ2n) is 7.33. The van der Waals surface area contributed by atoms with E-state index in [1.54, 1.807) is 12.1 Å². The second-order valence-corrected chi connectivity index (χ2v) is 7.33. The van der Waals surface area contributed by atoms with Gasteiger partial charge in [0.1, 0.15) is 0 Å². The summed E-state index contributed by atoms with van der Waals surface area (Å²) in [5, 5.41) is 17.1. The van der Waals surface area contributed by atoms with Crippen LogP contribution in [0.15, 0.2) is 71.9 Å². The number of non-ortho nitro benzene ring substituents is 1. The average Bonchev–Trinajstić information content (AvgIpc) is 2.72. The first-order valence-corrected chi connectivity index (χ1v) is 9.43. The number of carbonyl (C=O) groups is 1. The molecule has 2 aliphatic rings. The molecule has 0 radical (unpaired) electrons. The number of nitrogens with one attached hydrogen (secondary N) is 1. The van der Waals surface area contributed by atoms with E-state index in [2.05, 4.69) is 23.5 Å². The summed E-state index contributed by atoms with van der Waals surface area (Å²) in [6.07, 6.45) is 2.16. The average molecular weight is 370 g/mol. The maximum atomic E-state index is 12.9. The molecular weight excluding hydrogens is 352 g/mol. The molecule has 3 aromatic rings. The minimum Gasteiger partial charge on any atom is -0.358 e. The van der Waals surface area contributed by atoms with Crippen molar-refractivity contribution in [1.29, 1.82) is 0 Å². The van der Waals surface area contributed by atoms with Gasteiger partial charge in [0, 0.05) is 41.1 Å². The maximum absolute atomic E-state index is 12.9. The Labute approximate surface area is 161 Å². The fourth-order valence-electron chi connectivity index (χ4n) is 4.47. The number of rotatable bonds is 2. The summed E-state index contributed by atoms with van der Waals surface area (Å²) in [7, 11) is 0. The molecule has 1 atom stereocenters. The molecule has 1 heterocycles.